The van der Waals surface area contributed by atoms with Gasteiger partial charge in [0.25, 0.3) is 0 Å². The van der Waals surface area contributed by atoms with E-state index in [1.165, 1.54) is 18.3 Å². The molecule has 3 N–H and O–H groups in total. The van der Waals surface area contributed by atoms with Crippen LogP contribution in [0, 0.1) is 5.92 Å². The molecular weight excluding hydrogens is 262 g/mol. The highest BCUT2D eigenvalue weighted by Gasteiger charge is 2.14. The highest BCUT2D eigenvalue weighted by Crippen LogP contribution is 2.12. The molecule has 7 nitrogen and oxygen atoms in total. The van der Waals surface area contributed by atoms with Gasteiger partial charge in [0.2, 0.25) is 0 Å². The van der Waals surface area contributed by atoms with Crippen LogP contribution in [0.2, 0.25) is 0 Å². The van der Waals surface area contributed by atoms with Crippen molar-refractivity contribution in [2.24, 2.45) is 5.92 Å². The van der Waals surface area contributed by atoms with Crippen molar-refractivity contribution in [3.8, 4) is 0 Å². The van der Waals surface area contributed by atoms with E-state index in [-0.39, 0.29) is 11.7 Å². The van der Waals surface area contributed by atoms with Gasteiger partial charge >= 0.3 is 12.0 Å². The van der Waals surface area contributed by atoms with Crippen molar-refractivity contribution in [2.75, 3.05) is 25.1 Å². The summed E-state index contributed by atoms with van der Waals surface area (Å²) in [6.07, 6.45) is 3.39. The van der Waals surface area contributed by atoms with Gasteiger partial charge in [-0.05, 0) is 30.9 Å². The smallest absolute Gasteiger partial charge is 0.354 e. The summed E-state index contributed by atoms with van der Waals surface area (Å²) in [4.78, 5) is 26.0. The molecule has 1 atom stereocenters. The minimum absolute atomic E-state index is 0.0599. The predicted molar refractivity (Wildman–Crippen MR) is 71.8 cm³/mol. The van der Waals surface area contributed by atoms with E-state index in [0.29, 0.717) is 24.8 Å². The van der Waals surface area contributed by atoms with E-state index >= 15 is 0 Å². The number of ether oxygens (including phenoxy) is 1. The number of hydrogen-bond donors (Lipinski definition) is 3. The molecule has 1 fully saturated rings. The molecule has 108 valence electrons. The van der Waals surface area contributed by atoms with Crippen molar-refractivity contribution in [2.45, 2.75) is 12.8 Å². The monoisotopic (exact) mass is 279 g/mol. The summed E-state index contributed by atoms with van der Waals surface area (Å²) in [5, 5.41) is 14.1. The number of nitrogens with one attached hydrogen (secondary N) is 2. The minimum atomic E-state index is -1.10. The molecule has 2 amide bonds. The number of rotatable bonds is 4. The summed E-state index contributed by atoms with van der Waals surface area (Å²) in [5.41, 5.74) is 0.391. The second kappa shape index (κ2) is 6.85. The molecule has 2 heterocycles. The van der Waals surface area contributed by atoms with Crippen molar-refractivity contribution in [1.29, 1.82) is 0 Å². The Kier molecular flexibility index (Phi) is 4.89. The number of aromatic carboxylic acids is 1. The molecule has 20 heavy (non-hydrogen) atoms. The highest BCUT2D eigenvalue weighted by molar-refractivity contribution is 5.90. The van der Waals surface area contributed by atoms with Crippen LogP contribution < -0.4 is 10.6 Å². The zero-order chi connectivity index (χ0) is 14.4. The first-order valence-corrected chi connectivity index (χ1v) is 6.47. The number of carbonyl (C=O) groups excluding carboxylic acids is 1. The Hall–Kier alpha value is -2.15. The third-order valence-corrected chi connectivity index (χ3v) is 3.05. The Balaban J connectivity index is 1.77. The standard InChI is InChI=1S/C13H17N3O4/c17-12(18)11-4-3-10(7-14-11)16-13(19)15-6-9-2-1-5-20-8-9/h3-4,7,9H,1-2,5-6,8H2,(H,17,18)(H2,15,16,19). The van der Waals surface area contributed by atoms with Gasteiger partial charge in [-0.2, -0.15) is 0 Å². The van der Waals surface area contributed by atoms with Gasteiger partial charge in [0.05, 0.1) is 18.5 Å². The van der Waals surface area contributed by atoms with Crippen LogP contribution in [-0.2, 0) is 4.74 Å². The summed E-state index contributed by atoms with van der Waals surface area (Å²) >= 11 is 0. The molecule has 0 radical (unpaired) electrons. The van der Waals surface area contributed by atoms with E-state index < -0.39 is 5.97 Å². The number of pyridine rings is 1. The topological polar surface area (TPSA) is 101 Å². The number of carboxylic acid groups (broad SMARTS) is 1. The van der Waals surface area contributed by atoms with Gasteiger partial charge in [0.15, 0.2) is 0 Å². The van der Waals surface area contributed by atoms with Crippen molar-refractivity contribution < 1.29 is 19.4 Å². The number of anilines is 1. The lowest BCUT2D eigenvalue weighted by Crippen LogP contribution is -2.35. The third-order valence-electron chi connectivity index (χ3n) is 3.05. The zero-order valence-corrected chi connectivity index (χ0v) is 11.0. The fourth-order valence-corrected chi connectivity index (χ4v) is 1.98. The normalized spacial score (nSPS) is 18.3. The van der Waals surface area contributed by atoms with Gasteiger partial charge < -0.3 is 20.5 Å². The van der Waals surface area contributed by atoms with Gasteiger partial charge in [0.1, 0.15) is 5.69 Å². The Morgan fingerprint density at radius 2 is 2.30 bits per heavy atom. The van der Waals surface area contributed by atoms with Gasteiger partial charge in [-0.1, -0.05) is 0 Å². The molecular formula is C13H17N3O4. The van der Waals surface area contributed by atoms with Crippen LogP contribution in [0.1, 0.15) is 23.3 Å². The van der Waals surface area contributed by atoms with Crippen LogP contribution in [0.15, 0.2) is 18.3 Å². The lowest BCUT2D eigenvalue weighted by atomic mass is 10.0. The number of carbonyl (C=O) groups is 2. The van der Waals surface area contributed by atoms with E-state index in [2.05, 4.69) is 15.6 Å². The fraction of sp³-hybridized carbons (Fsp3) is 0.462. The van der Waals surface area contributed by atoms with Crippen LogP contribution in [0.4, 0.5) is 10.5 Å². The largest absolute Gasteiger partial charge is 0.477 e. The van der Waals surface area contributed by atoms with E-state index in [9.17, 15) is 9.59 Å². The van der Waals surface area contributed by atoms with Crippen molar-refractivity contribution in [3.05, 3.63) is 24.0 Å². The molecule has 0 aliphatic carbocycles. The lowest BCUT2D eigenvalue weighted by molar-refractivity contribution is 0.0559. The Bertz CT molecular complexity index is 469. The summed E-state index contributed by atoms with van der Waals surface area (Å²) in [5.74, 6) is -0.750. The summed E-state index contributed by atoms with van der Waals surface area (Å²) in [6, 6.07) is 2.51. The number of aromatic nitrogens is 1. The summed E-state index contributed by atoms with van der Waals surface area (Å²) < 4.78 is 5.33. The molecule has 1 saturated heterocycles. The molecule has 0 bridgehead atoms. The van der Waals surface area contributed by atoms with Crippen LogP contribution in [0.5, 0.6) is 0 Å². The number of nitrogens with zero attached hydrogens (tertiary/aromatic N) is 1. The average molecular weight is 279 g/mol. The molecule has 1 aromatic heterocycles. The lowest BCUT2D eigenvalue weighted by Gasteiger charge is -2.22. The SMILES string of the molecule is O=C(NCC1CCCOC1)Nc1ccc(C(=O)O)nc1. The second-order valence-corrected chi connectivity index (χ2v) is 4.66. The zero-order valence-electron chi connectivity index (χ0n) is 11.0. The van der Waals surface area contributed by atoms with Crippen molar-refractivity contribution >= 4 is 17.7 Å². The molecule has 1 aliphatic heterocycles. The van der Waals surface area contributed by atoms with Crippen LogP contribution in [-0.4, -0.2) is 41.8 Å². The fourth-order valence-electron chi connectivity index (χ4n) is 1.98. The Morgan fingerprint density at radius 1 is 1.45 bits per heavy atom. The molecule has 0 saturated carbocycles. The quantitative estimate of drug-likeness (QED) is 0.772. The Morgan fingerprint density at radius 3 is 2.90 bits per heavy atom. The van der Waals surface area contributed by atoms with Gasteiger partial charge in [-0.15, -0.1) is 0 Å². The maximum Gasteiger partial charge on any atom is 0.354 e. The number of urea groups is 1. The molecule has 1 aliphatic rings. The average Bonchev–Trinajstić information content (AvgIpc) is 2.47. The third kappa shape index (κ3) is 4.20. The maximum atomic E-state index is 11.7. The first-order chi connectivity index (χ1) is 9.65. The van der Waals surface area contributed by atoms with Gasteiger partial charge in [-0.3, -0.25) is 0 Å². The first kappa shape index (κ1) is 14.3. The van der Waals surface area contributed by atoms with Crippen LogP contribution in [0.3, 0.4) is 0 Å². The second-order valence-electron chi connectivity index (χ2n) is 4.66. The molecule has 0 aromatic carbocycles. The summed E-state index contributed by atoms with van der Waals surface area (Å²) in [7, 11) is 0. The van der Waals surface area contributed by atoms with E-state index in [4.69, 9.17) is 9.84 Å². The molecule has 0 spiro atoms. The molecule has 1 aromatic rings. The van der Waals surface area contributed by atoms with Crippen LogP contribution in [0.25, 0.3) is 0 Å². The van der Waals surface area contributed by atoms with Gasteiger partial charge in [0, 0.05) is 13.2 Å². The van der Waals surface area contributed by atoms with Crippen molar-refractivity contribution in [3.63, 3.8) is 0 Å². The van der Waals surface area contributed by atoms with Crippen molar-refractivity contribution in [1.82, 2.24) is 10.3 Å². The predicted octanol–water partition coefficient (Wildman–Crippen LogP) is 1.33. The minimum Gasteiger partial charge on any atom is -0.477 e. The summed E-state index contributed by atoms with van der Waals surface area (Å²) in [6.45, 7) is 2.03. The molecule has 1 unspecified atom stereocenters. The van der Waals surface area contributed by atoms with E-state index in [0.717, 1.165) is 19.4 Å². The Labute approximate surface area is 116 Å². The molecule has 2 rings (SSSR count). The number of hydrogen-bond acceptors (Lipinski definition) is 4. The highest BCUT2D eigenvalue weighted by atomic mass is 16.5. The molecule has 7 heteroatoms. The number of carboxylic acids is 1. The van der Waals surface area contributed by atoms with Crippen LogP contribution >= 0.6 is 0 Å². The van der Waals surface area contributed by atoms with E-state index in [1.54, 1.807) is 0 Å². The maximum absolute atomic E-state index is 11.7. The van der Waals surface area contributed by atoms with E-state index in [1.807, 2.05) is 0 Å². The first-order valence-electron chi connectivity index (χ1n) is 6.47. The van der Waals surface area contributed by atoms with Gasteiger partial charge in [-0.25, -0.2) is 14.6 Å². The number of amides is 2.